The molecule has 0 spiro atoms. The van der Waals surface area contributed by atoms with Gasteiger partial charge in [-0.1, -0.05) is 37.3 Å². The Morgan fingerprint density at radius 1 is 1.05 bits per heavy atom. The van der Waals surface area contributed by atoms with Crippen molar-refractivity contribution in [2.24, 2.45) is 7.05 Å². The lowest BCUT2D eigenvalue weighted by molar-refractivity contribution is -0.145. The number of carbonyl (C=O) groups excluding carboxylic acids is 2. The Morgan fingerprint density at radius 2 is 1.73 bits per heavy atom. The van der Waals surface area contributed by atoms with Gasteiger partial charge in [-0.15, -0.1) is 29.9 Å². The fourth-order valence-electron chi connectivity index (χ4n) is 4.42. The third kappa shape index (κ3) is 7.85. The van der Waals surface area contributed by atoms with E-state index >= 15 is 0 Å². The number of nitrogens with one attached hydrogen (secondary N) is 2. The highest BCUT2D eigenvalue weighted by molar-refractivity contribution is 5.87. The van der Waals surface area contributed by atoms with Gasteiger partial charge in [-0.05, 0) is 42.3 Å². The second-order valence-corrected chi connectivity index (χ2v) is 9.37. The van der Waals surface area contributed by atoms with Gasteiger partial charge in [-0.25, -0.2) is 9.80 Å². The zero-order valence-electron chi connectivity index (χ0n) is 23.2. The molecule has 0 saturated heterocycles. The van der Waals surface area contributed by atoms with Crippen LogP contribution in [-0.2, 0) is 29.7 Å². The fourth-order valence-corrected chi connectivity index (χ4v) is 4.42. The van der Waals surface area contributed by atoms with Crippen molar-refractivity contribution >= 4 is 42.3 Å². The van der Waals surface area contributed by atoms with Crippen LogP contribution in [-0.4, -0.2) is 71.4 Å². The summed E-state index contributed by atoms with van der Waals surface area (Å²) in [6.07, 6.45) is 0. The Labute approximate surface area is 246 Å². The highest BCUT2D eigenvalue weighted by Gasteiger charge is 2.27. The van der Waals surface area contributed by atoms with Crippen molar-refractivity contribution in [3.63, 3.8) is 0 Å². The van der Waals surface area contributed by atoms with Crippen molar-refractivity contribution < 1.29 is 14.0 Å². The molecule has 2 aromatic carbocycles. The minimum Gasteiger partial charge on any atom is -0.388 e. The molecule has 1 aliphatic heterocycles. The molecule has 40 heavy (non-hydrogen) atoms. The normalized spacial score (nSPS) is 12.2. The van der Waals surface area contributed by atoms with Crippen LogP contribution < -0.4 is 21.3 Å². The van der Waals surface area contributed by atoms with E-state index in [1.165, 1.54) is 18.2 Å². The van der Waals surface area contributed by atoms with Crippen LogP contribution in [0.25, 0.3) is 11.5 Å². The minimum absolute atomic E-state index is 0. The Morgan fingerprint density at radius 3 is 2.33 bits per heavy atom. The quantitative estimate of drug-likeness (QED) is 0.325. The van der Waals surface area contributed by atoms with Gasteiger partial charge in [0.05, 0.1) is 13.1 Å². The fraction of sp³-hybridized carbons (Fsp3) is 0.407. The number of nitrogens with zero attached hydrogens (tertiary/aromatic N) is 5. The molecule has 0 atom stereocenters. The lowest BCUT2D eigenvalue weighted by atomic mass is 10.1. The lowest BCUT2D eigenvalue weighted by Gasteiger charge is -2.32. The predicted molar refractivity (Wildman–Crippen MR) is 159 cm³/mol. The summed E-state index contributed by atoms with van der Waals surface area (Å²) in [5.41, 5.74) is 4.53. The van der Waals surface area contributed by atoms with Crippen LogP contribution in [0.15, 0.2) is 51.7 Å². The summed E-state index contributed by atoms with van der Waals surface area (Å²) in [6.45, 7) is 7.15. The highest BCUT2D eigenvalue weighted by Crippen LogP contribution is 2.28. The van der Waals surface area contributed by atoms with Crippen molar-refractivity contribution in [2.45, 2.75) is 26.9 Å². The van der Waals surface area contributed by atoms with E-state index in [0.29, 0.717) is 37.4 Å². The molecule has 4 rings (SSSR count). The average Bonchev–Trinajstić information content (AvgIpc) is 3.49. The molecule has 11 nitrogen and oxygen atoms in total. The SMILES string of the molecule is CCNCCNC(=O)CN(CC(=O)N(C)N1Cc2ccccc2C1)c1cc(-c2nn(C)c(=O)o2)ccc1C.Cl.Cl. The number of anilines is 1. The van der Waals surface area contributed by atoms with Gasteiger partial charge in [0.2, 0.25) is 11.8 Å². The van der Waals surface area contributed by atoms with E-state index in [1.807, 2.05) is 37.1 Å². The second kappa shape index (κ2) is 14.8. The van der Waals surface area contributed by atoms with Crippen LogP contribution in [0.2, 0.25) is 0 Å². The van der Waals surface area contributed by atoms with E-state index in [0.717, 1.165) is 16.8 Å². The van der Waals surface area contributed by atoms with E-state index in [-0.39, 0.29) is 55.6 Å². The smallest absolute Gasteiger partial charge is 0.388 e. The molecule has 1 aromatic heterocycles. The number of halogens is 2. The monoisotopic (exact) mass is 593 g/mol. The van der Waals surface area contributed by atoms with E-state index in [2.05, 4.69) is 27.9 Å². The highest BCUT2D eigenvalue weighted by atomic mass is 35.5. The van der Waals surface area contributed by atoms with Gasteiger partial charge >= 0.3 is 5.76 Å². The lowest BCUT2D eigenvalue weighted by Crippen LogP contribution is -2.48. The number of amides is 2. The Balaban J connectivity index is 0.00000280. The summed E-state index contributed by atoms with van der Waals surface area (Å²) in [6, 6.07) is 13.6. The third-order valence-corrected chi connectivity index (χ3v) is 6.63. The molecule has 0 bridgehead atoms. The number of likely N-dealkylation sites (N-methyl/N-ethyl adjacent to an activating group) is 2. The maximum absolute atomic E-state index is 13.5. The van der Waals surface area contributed by atoms with Crippen molar-refractivity contribution in [1.29, 1.82) is 0 Å². The molecule has 0 radical (unpaired) electrons. The molecular weight excluding hydrogens is 557 g/mol. The van der Waals surface area contributed by atoms with Crippen molar-refractivity contribution in [2.75, 3.05) is 44.7 Å². The van der Waals surface area contributed by atoms with Gasteiger partial charge in [0.25, 0.3) is 5.91 Å². The van der Waals surface area contributed by atoms with E-state index in [1.54, 1.807) is 29.1 Å². The maximum atomic E-state index is 13.5. The first-order chi connectivity index (χ1) is 18.3. The summed E-state index contributed by atoms with van der Waals surface area (Å²) in [4.78, 5) is 39.9. The van der Waals surface area contributed by atoms with Gasteiger partial charge in [-0.2, -0.15) is 4.68 Å². The molecule has 13 heteroatoms. The Kier molecular flexibility index (Phi) is 12.2. The minimum atomic E-state index is -0.567. The number of hydrogen-bond acceptors (Lipinski definition) is 8. The van der Waals surface area contributed by atoms with Crippen LogP contribution >= 0.6 is 24.8 Å². The van der Waals surface area contributed by atoms with Gasteiger partial charge in [-0.3, -0.25) is 14.6 Å². The molecule has 2 N–H and O–H groups in total. The van der Waals surface area contributed by atoms with Gasteiger partial charge in [0.1, 0.15) is 0 Å². The van der Waals surface area contributed by atoms with Crippen LogP contribution in [0.1, 0.15) is 23.6 Å². The zero-order valence-corrected chi connectivity index (χ0v) is 24.8. The van der Waals surface area contributed by atoms with Crippen LogP contribution in [0.5, 0.6) is 0 Å². The number of hydrazine groups is 1. The molecule has 3 aromatic rings. The van der Waals surface area contributed by atoms with Crippen molar-refractivity contribution in [3.8, 4) is 11.5 Å². The van der Waals surface area contributed by atoms with Crippen LogP contribution in [0, 0.1) is 6.92 Å². The molecule has 0 aliphatic carbocycles. The van der Waals surface area contributed by atoms with Gasteiger partial charge < -0.3 is 20.0 Å². The summed E-state index contributed by atoms with van der Waals surface area (Å²) in [5, 5.41) is 13.9. The van der Waals surface area contributed by atoms with E-state index < -0.39 is 5.76 Å². The summed E-state index contributed by atoms with van der Waals surface area (Å²) < 4.78 is 6.38. The van der Waals surface area contributed by atoms with E-state index in [4.69, 9.17) is 4.42 Å². The molecule has 0 saturated carbocycles. The molecule has 1 aliphatic rings. The number of fused-ring (bicyclic) bond motifs is 1. The number of aryl methyl sites for hydroxylation is 2. The molecule has 0 unspecified atom stereocenters. The molecule has 2 amide bonds. The number of benzene rings is 2. The summed E-state index contributed by atoms with van der Waals surface area (Å²) in [7, 11) is 3.27. The number of hydrogen-bond donors (Lipinski definition) is 2. The van der Waals surface area contributed by atoms with Crippen molar-refractivity contribution in [1.82, 2.24) is 30.4 Å². The summed E-state index contributed by atoms with van der Waals surface area (Å²) in [5.74, 6) is -0.733. The third-order valence-electron chi connectivity index (χ3n) is 6.63. The van der Waals surface area contributed by atoms with Crippen LogP contribution in [0.4, 0.5) is 5.69 Å². The number of aromatic nitrogens is 2. The molecule has 0 fully saturated rings. The number of rotatable bonds is 11. The first kappa shape index (κ1) is 32.8. The Bertz CT molecular complexity index is 1340. The average molecular weight is 595 g/mol. The topological polar surface area (TPSA) is 116 Å². The largest absolute Gasteiger partial charge is 0.437 e. The zero-order chi connectivity index (χ0) is 27.2. The standard InChI is InChI=1S/C27H35N7O4.2ClH/c1-5-28-12-13-29-24(35)17-33(18-25(36)32(4)34-15-21-8-6-7-9-22(21)16-34)23-14-20(11-10-19(23)2)26-30-31(3)27(37)38-26;;/h6-11,14,28H,5,12-13,15-18H2,1-4H3,(H,29,35);2*1H. The van der Waals surface area contributed by atoms with Crippen LogP contribution in [0.3, 0.4) is 0 Å². The van der Waals surface area contributed by atoms with Crippen molar-refractivity contribution in [3.05, 3.63) is 69.7 Å². The Hall–Kier alpha value is -3.38. The molecular formula is C27H37Cl2N7O4. The molecule has 2 heterocycles. The van der Waals surface area contributed by atoms with E-state index in [9.17, 15) is 14.4 Å². The van der Waals surface area contributed by atoms with Gasteiger partial charge in [0.15, 0.2) is 0 Å². The molecule has 218 valence electrons. The maximum Gasteiger partial charge on any atom is 0.437 e. The second-order valence-electron chi connectivity index (χ2n) is 9.37. The predicted octanol–water partition coefficient (Wildman–Crippen LogP) is 2.11. The summed E-state index contributed by atoms with van der Waals surface area (Å²) >= 11 is 0. The van der Waals surface area contributed by atoms with Gasteiger partial charge in [0, 0.05) is 51.5 Å². The first-order valence-electron chi connectivity index (χ1n) is 12.7. The number of carbonyl (C=O) groups is 2. The first-order valence-corrected chi connectivity index (χ1v) is 12.7.